The van der Waals surface area contributed by atoms with Gasteiger partial charge >= 0.3 is 0 Å². The molecule has 0 bridgehead atoms. The van der Waals surface area contributed by atoms with Gasteiger partial charge in [0.15, 0.2) is 5.76 Å². The number of aryl methyl sites for hydroxylation is 1. The third kappa shape index (κ3) is 2.90. The van der Waals surface area contributed by atoms with Gasteiger partial charge in [-0.1, -0.05) is 23.4 Å². The molecule has 0 amide bonds. The fraction of sp³-hybridized carbons (Fsp3) is 0.267. The summed E-state index contributed by atoms with van der Waals surface area (Å²) in [4.78, 5) is 0. The van der Waals surface area contributed by atoms with Crippen molar-refractivity contribution in [2.75, 3.05) is 0 Å². The second kappa shape index (κ2) is 5.58. The Hall–Kier alpha value is -2.12. The van der Waals surface area contributed by atoms with Crippen molar-refractivity contribution in [3.05, 3.63) is 53.6 Å². The molecule has 7 heteroatoms. The Bertz CT molecular complexity index is 882. The minimum Gasteiger partial charge on any atom is -0.459 e. The number of nitrogens with zero attached hydrogens (tertiary/aromatic N) is 1. The van der Waals surface area contributed by atoms with Crippen LogP contribution in [-0.2, 0) is 15.8 Å². The third-order valence-corrected chi connectivity index (χ3v) is 4.83. The van der Waals surface area contributed by atoms with E-state index < -0.39 is 16.1 Å². The molecule has 0 saturated heterocycles. The number of para-hydroxylation sites is 1. The molecule has 2 aromatic heterocycles. The molecule has 3 aromatic rings. The lowest BCUT2D eigenvalue weighted by Crippen LogP contribution is -2.28. The molecular formula is C15H16N2O4S. The maximum Gasteiger partial charge on any atom is 0.219 e. The molecule has 6 nitrogen and oxygen atoms in total. The van der Waals surface area contributed by atoms with E-state index in [4.69, 9.17) is 8.94 Å². The molecule has 0 fully saturated rings. The van der Waals surface area contributed by atoms with Gasteiger partial charge in [0.05, 0.1) is 12.2 Å². The molecule has 116 valence electrons. The van der Waals surface area contributed by atoms with E-state index in [0.717, 1.165) is 16.5 Å². The van der Waals surface area contributed by atoms with E-state index >= 15 is 0 Å². The van der Waals surface area contributed by atoms with Crippen LogP contribution in [0.15, 0.2) is 45.5 Å². The van der Waals surface area contributed by atoms with Gasteiger partial charge in [0, 0.05) is 17.0 Å². The van der Waals surface area contributed by atoms with E-state index in [2.05, 4.69) is 9.88 Å². The van der Waals surface area contributed by atoms with E-state index in [0.29, 0.717) is 11.5 Å². The van der Waals surface area contributed by atoms with Crippen molar-refractivity contribution in [3.63, 3.8) is 0 Å². The van der Waals surface area contributed by atoms with Crippen LogP contribution in [0.3, 0.4) is 0 Å². The van der Waals surface area contributed by atoms with Crippen LogP contribution in [0.25, 0.3) is 11.0 Å². The second-order valence-corrected chi connectivity index (χ2v) is 6.92. The fourth-order valence-corrected chi connectivity index (χ4v) is 3.73. The quantitative estimate of drug-likeness (QED) is 0.781. The van der Waals surface area contributed by atoms with Gasteiger partial charge in [-0.05, 0) is 19.9 Å². The highest BCUT2D eigenvalue weighted by atomic mass is 32.2. The lowest BCUT2D eigenvalue weighted by molar-refractivity contribution is 0.391. The number of benzene rings is 1. The highest BCUT2D eigenvalue weighted by Crippen LogP contribution is 2.29. The van der Waals surface area contributed by atoms with Crippen molar-refractivity contribution in [1.29, 1.82) is 0 Å². The van der Waals surface area contributed by atoms with Crippen LogP contribution in [0.1, 0.15) is 30.0 Å². The van der Waals surface area contributed by atoms with E-state index in [1.54, 1.807) is 6.92 Å². The van der Waals surface area contributed by atoms with E-state index in [-0.39, 0.29) is 5.75 Å². The van der Waals surface area contributed by atoms with Gasteiger partial charge in [-0.3, -0.25) is 0 Å². The number of hydrogen-bond acceptors (Lipinski definition) is 5. The van der Waals surface area contributed by atoms with Crippen LogP contribution >= 0.6 is 0 Å². The van der Waals surface area contributed by atoms with Crippen LogP contribution < -0.4 is 4.72 Å². The highest BCUT2D eigenvalue weighted by Gasteiger charge is 2.22. The minimum absolute atomic E-state index is 0.253. The second-order valence-electron chi connectivity index (χ2n) is 5.16. The molecule has 2 heterocycles. The zero-order chi connectivity index (χ0) is 15.7. The van der Waals surface area contributed by atoms with E-state index in [9.17, 15) is 8.42 Å². The van der Waals surface area contributed by atoms with Crippen molar-refractivity contribution in [2.24, 2.45) is 0 Å². The van der Waals surface area contributed by atoms with Crippen LogP contribution in [0.5, 0.6) is 0 Å². The summed E-state index contributed by atoms with van der Waals surface area (Å²) in [6, 6.07) is 8.67. The number of furan rings is 1. The van der Waals surface area contributed by atoms with Gasteiger partial charge in [-0.25, -0.2) is 13.1 Å². The summed E-state index contributed by atoms with van der Waals surface area (Å²) in [5.74, 6) is 0.653. The van der Waals surface area contributed by atoms with E-state index in [1.165, 1.54) is 12.3 Å². The smallest absolute Gasteiger partial charge is 0.219 e. The lowest BCUT2D eigenvalue weighted by Gasteiger charge is -2.12. The number of aromatic nitrogens is 1. The molecule has 0 radical (unpaired) electrons. The standard InChI is InChI=1S/C15H16N2O4S/c1-10-13-5-3-4-6-14(13)20-15(10)11(2)17-22(18,19)9-12-7-8-16-21-12/h3-8,11,17H,9H2,1-2H3. The SMILES string of the molecule is Cc1c(C(C)NS(=O)(=O)Cc2ccno2)oc2ccccc12. The summed E-state index contributed by atoms with van der Waals surface area (Å²) >= 11 is 0. The lowest BCUT2D eigenvalue weighted by atomic mass is 10.1. The van der Waals surface area contributed by atoms with Crippen molar-refractivity contribution < 1.29 is 17.4 Å². The summed E-state index contributed by atoms with van der Waals surface area (Å²) in [5.41, 5.74) is 1.68. The summed E-state index contributed by atoms with van der Waals surface area (Å²) in [6.45, 7) is 3.67. The number of nitrogens with one attached hydrogen (secondary N) is 1. The molecule has 0 aliphatic carbocycles. The maximum atomic E-state index is 12.2. The Kier molecular flexibility index (Phi) is 3.76. The number of fused-ring (bicyclic) bond motifs is 1. The largest absolute Gasteiger partial charge is 0.459 e. The Morgan fingerprint density at radius 3 is 2.73 bits per heavy atom. The molecular weight excluding hydrogens is 304 g/mol. The van der Waals surface area contributed by atoms with Gasteiger partial charge < -0.3 is 8.94 Å². The molecule has 3 rings (SSSR count). The Balaban J connectivity index is 1.83. The first-order valence-corrected chi connectivity index (χ1v) is 8.49. The van der Waals surface area contributed by atoms with E-state index in [1.807, 2.05) is 31.2 Å². The summed E-state index contributed by atoms with van der Waals surface area (Å²) in [6.07, 6.45) is 1.41. The molecule has 1 unspecified atom stereocenters. The van der Waals surface area contributed by atoms with Gasteiger partial charge in [0.25, 0.3) is 0 Å². The molecule has 0 spiro atoms. The summed E-state index contributed by atoms with van der Waals surface area (Å²) in [7, 11) is -3.55. The normalized spacial score (nSPS) is 13.5. The summed E-state index contributed by atoms with van der Waals surface area (Å²) < 4.78 is 37.6. The molecule has 1 atom stereocenters. The topological polar surface area (TPSA) is 85.3 Å². The zero-order valence-corrected chi connectivity index (χ0v) is 13.1. The first-order chi connectivity index (χ1) is 10.5. The molecule has 1 aromatic carbocycles. The average Bonchev–Trinajstić information content (AvgIpc) is 3.06. The van der Waals surface area contributed by atoms with Crippen molar-refractivity contribution >= 4 is 21.0 Å². The first kappa shape index (κ1) is 14.8. The highest BCUT2D eigenvalue weighted by molar-refractivity contribution is 7.88. The fourth-order valence-electron chi connectivity index (χ4n) is 2.47. The predicted molar refractivity (Wildman–Crippen MR) is 81.6 cm³/mol. The van der Waals surface area contributed by atoms with Crippen LogP contribution in [0.2, 0.25) is 0 Å². The van der Waals surface area contributed by atoms with Crippen LogP contribution in [0, 0.1) is 6.92 Å². The molecule has 1 N–H and O–H groups in total. The monoisotopic (exact) mass is 320 g/mol. The molecule has 22 heavy (non-hydrogen) atoms. The number of hydrogen-bond donors (Lipinski definition) is 1. The van der Waals surface area contributed by atoms with Gasteiger partial charge in [-0.2, -0.15) is 0 Å². The van der Waals surface area contributed by atoms with Gasteiger partial charge in [-0.15, -0.1) is 0 Å². The van der Waals surface area contributed by atoms with Crippen molar-refractivity contribution in [3.8, 4) is 0 Å². The third-order valence-electron chi connectivity index (χ3n) is 3.45. The number of rotatable bonds is 5. The van der Waals surface area contributed by atoms with Crippen molar-refractivity contribution in [1.82, 2.24) is 9.88 Å². The van der Waals surface area contributed by atoms with Crippen molar-refractivity contribution in [2.45, 2.75) is 25.6 Å². The average molecular weight is 320 g/mol. The zero-order valence-electron chi connectivity index (χ0n) is 12.2. The molecule has 0 saturated carbocycles. The van der Waals surface area contributed by atoms with Gasteiger partial charge in [0.2, 0.25) is 10.0 Å². The molecule has 0 aliphatic rings. The Morgan fingerprint density at radius 1 is 1.27 bits per heavy atom. The van der Waals surface area contributed by atoms with Crippen LogP contribution in [0.4, 0.5) is 0 Å². The minimum atomic E-state index is -3.55. The maximum absolute atomic E-state index is 12.2. The Labute approximate surface area is 128 Å². The number of sulfonamides is 1. The molecule has 0 aliphatic heterocycles. The van der Waals surface area contributed by atoms with Crippen LogP contribution in [-0.4, -0.2) is 13.6 Å². The summed E-state index contributed by atoms with van der Waals surface area (Å²) in [5, 5.41) is 4.49. The predicted octanol–water partition coefficient (Wildman–Crippen LogP) is 2.91. The first-order valence-electron chi connectivity index (χ1n) is 6.84. The Morgan fingerprint density at radius 2 is 2.05 bits per heavy atom. The van der Waals surface area contributed by atoms with Gasteiger partial charge in [0.1, 0.15) is 17.1 Å².